The number of benzene rings is 1. The van der Waals surface area contributed by atoms with Crippen LogP contribution in [0.5, 0.6) is 0 Å². The third-order valence-corrected chi connectivity index (χ3v) is 4.98. The number of hydrogen-bond acceptors (Lipinski definition) is 2. The molecule has 0 saturated carbocycles. The lowest BCUT2D eigenvalue weighted by Crippen LogP contribution is -2.32. The second-order valence-corrected chi connectivity index (χ2v) is 6.39. The first kappa shape index (κ1) is 14.6. The zero-order chi connectivity index (χ0) is 14.5. The van der Waals surface area contributed by atoms with Crippen molar-refractivity contribution >= 4 is 5.91 Å². The fourth-order valence-electron chi connectivity index (χ4n) is 3.73. The van der Waals surface area contributed by atoms with E-state index in [1.807, 2.05) is 6.07 Å². The first-order chi connectivity index (χ1) is 10.3. The molecule has 1 aromatic rings. The van der Waals surface area contributed by atoms with Gasteiger partial charge >= 0.3 is 0 Å². The first-order valence-electron chi connectivity index (χ1n) is 8.40. The fourth-order valence-corrected chi connectivity index (χ4v) is 3.73. The zero-order valence-electron chi connectivity index (χ0n) is 12.8. The topological polar surface area (TPSA) is 32.3 Å². The van der Waals surface area contributed by atoms with E-state index in [1.54, 1.807) is 0 Å². The molecule has 2 saturated heterocycles. The molecule has 0 spiro atoms. The lowest BCUT2D eigenvalue weighted by atomic mass is 9.93. The summed E-state index contributed by atoms with van der Waals surface area (Å²) in [5.41, 5.74) is 1.30. The quantitative estimate of drug-likeness (QED) is 0.922. The maximum absolute atomic E-state index is 12.6. The van der Waals surface area contributed by atoms with Crippen LogP contribution in [0.2, 0.25) is 0 Å². The van der Waals surface area contributed by atoms with Crippen molar-refractivity contribution in [3.8, 4) is 0 Å². The minimum absolute atomic E-state index is 0.312. The summed E-state index contributed by atoms with van der Waals surface area (Å²) in [6.45, 7) is 3.18. The SMILES string of the molecule is O=C(CCC1CCNCC1)N1CCCC1c1ccccc1. The number of carbonyl (C=O) groups excluding carboxylic acids is 1. The monoisotopic (exact) mass is 286 g/mol. The largest absolute Gasteiger partial charge is 0.336 e. The summed E-state index contributed by atoms with van der Waals surface area (Å²) in [6, 6.07) is 10.8. The Kier molecular flexibility index (Phi) is 4.91. The highest BCUT2D eigenvalue weighted by Gasteiger charge is 2.29. The van der Waals surface area contributed by atoms with E-state index in [-0.39, 0.29) is 0 Å². The summed E-state index contributed by atoms with van der Waals surface area (Å²) < 4.78 is 0. The Bertz CT molecular complexity index is 454. The van der Waals surface area contributed by atoms with E-state index in [1.165, 1.54) is 18.4 Å². The Labute approximate surface area is 127 Å². The molecule has 1 unspecified atom stereocenters. The normalized spacial score (nSPS) is 23.4. The number of nitrogens with zero attached hydrogens (tertiary/aromatic N) is 1. The lowest BCUT2D eigenvalue weighted by molar-refractivity contribution is -0.132. The molecule has 1 amide bonds. The molecule has 2 heterocycles. The molecule has 2 aliphatic heterocycles. The van der Waals surface area contributed by atoms with Crippen LogP contribution >= 0.6 is 0 Å². The Morgan fingerprint density at radius 3 is 2.67 bits per heavy atom. The minimum atomic E-state index is 0.312. The van der Waals surface area contributed by atoms with Crippen molar-refractivity contribution in [1.29, 1.82) is 0 Å². The van der Waals surface area contributed by atoms with Crippen LogP contribution in [0, 0.1) is 5.92 Å². The molecule has 1 atom stereocenters. The van der Waals surface area contributed by atoms with Gasteiger partial charge in [0.15, 0.2) is 0 Å². The van der Waals surface area contributed by atoms with Gasteiger partial charge in [0.25, 0.3) is 0 Å². The van der Waals surface area contributed by atoms with Crippen molar-refractivity contribution in [3.63, 3.8) is 0 Å². The Balaban J connectivity index is 1.55. The highest BCUT2D eigenvalue weighted by molar-refractivity contribution is 5.77. The number of amides is 1. The van der Waals surface area contributed by atoms with Crippen molar-refractivity contribution in [2.45, 2.75) is 44.6 Å². The van der Waals surface area contributed by atoms with Crippen molar-refractivity contribution < 1.29 is 4.79 Å². The number of nitrogens with one attached hydrogen (secondary N) is 1. The van der Waals surface area contributed by atoms with Crippen LogP contribution in [0.3, 0.4) is 0 Å². The maximum atomic E-state index is 12.6. The van der Waals surface area contributed by atoms with Crippen LogP contribution in [0.15, 0.2) is 30.3 Å². The van der Waals surface area contributed by atoms with Crippen LogP contribution in [0.1, 0.15) is 50.1 Å². The molecule has 3 nitrogen and oxygen atoms in total. The number of rotatable bonds is 4. The van der Waals surface area contributed by atoms with Gasteiger partial charge in [-0.2, -0.15) is 0 Å². The van der Waals surface area contributed by atoms with E-state index < -0.39 is 0 Å². The van der Waals surface area contributed by atoms with Gasteiger partial charge in [0.2, 0.25) is 5.91 Å². The van der Waals surface area contributed by atoms with E-state index in [2.05, 4.69) is 34.5 Å². The van der Waals surface area contributed by atoms with Crippen LogP contribution in [0.4, 0.5) is 0 Å². The van der Waals surface area contributed by atoms with E-state index in [0.29, 0.717) is 11.9 Å². The Hall–Kier alpha value is -1.35. The molecule has 1 N–H and O–H groups in total. The van der Waals surface area contributed by atoms with Gasteiger partial charge in [-0.05, 0) is 56.7 Å². The third-order valence-electron chi connectivity index (χ3n) is 4.98. The second-order valence-electron chi connectivity index (χ2n) is 6.39. The molecule has 21 heavy (non-hydrogen) atoms. The Morgan fingerprint density at radius 1 is 1.14 bits per heavy atom. The van der Waals surface area contributed by atoms with Crippen LogP contribution in [-0.2, 0) is 4.79 Å². The van der Waals surface area contributed by atoms with Crippen LogP contribution in [-0.4, -0.2) is 30.4 Å². The summed E-state index contributed by atoms with van der Waals surface area (Å²) in [4.78, 5) is 14.7. The summed E-state index contributed by atoms with van der Waals surface area (Å²) in [7, 11) is 0. The molecule has 0 aliphatic carbocycles. The summed E-state index contributed by atoms with van der Waals surface area (Å²) in [6.07, 6.45) is 6.51. The number of likely N-dealkylation sites (tertiary alicyclic amines) is 1. The van der Waals surface area contributed by atoms with Gasteiger partial charge in [-0.15, -0.1) is 0 Å². The smallest absolute Gasteiger partial charge is 0.223 e. The van der Waals surface area contributed by atoms with E-state index >= 15 is 0 Å². The van der Waals surface area contributed by atoms with E-state index in [0.717, 1.165) is 51.2 Å². The summed E-state index contributed by atoms with van der Waals surface area (Å²) in [5.74, 6) is 1.10. The van der Waals surface area contributed by atoms with Crippen molar-refractivity contribution in [2.24, 2.45) is 5.92 Å². The third kappa shape index (κ3) is 3.65. The molecule has 2 aliphatic rings. The van der Waals surface area contributed by atoms with Gasteiger partial charge in [0.05, 0.1) is 6.04 Å². The van der Waals surface area contributed by atoms with E-state index in [9.17, 15) is 4.79 Å². The average molecular weight is 286 g/mol. The fraction of sp³-hybridized carbons (Fsp3) is 0.611. The highest BCUT2D eigenvalue weighted by atomic mass is 16.2. The summed E-state index contributed by atoms with van der Waals surface area (Å²) in [5, 5.41) is 3.39. The zero-order valence-corrected chi connectivity index (χ0v) is 12.8. The van der Waals surface area contributed by atoms with Crippen molar-refractivity contribution in [3.05, 3.63) is 35.9 Å². The molecule has 3 rings (SSSR count). The average Bonchev–Trinajstić information content (AvgIpc) is 3.04. The Morgan fingerprint density at radius 2 is 1.90 bits per heavy atom. The van der Waals surface area contributed by atoms with Gasteiger partial charge < -0.3 is 10.2 Å². The van der Waals surface area contributed by atoms with E-state index in [4.69, 9.17) is 0 Å². The molecule has 1 aromatic carbocycles. The molecular formula is C18H26N2O. The molecule has 3 heteroatoms. The van der Waals surface area contributed by atoms with Crippen LogP contribution < -0.4 is 5.32 Å². The second kappa shape index (κ2) is 7.08. The molecule has 0 radical (unpaired) electrons. The number of carbonyl (C=O) groups is 1. The molecular weight excluding hydrogens is 260 g/mol. The molecule has 114 valence electrons. The predicted molar refractivity (Wildman–Crippen MR) is 85.0 cm³/mol. The molecule has 0 bridgehead atoms. The molecule has 2 fully saturated rings. The van der Waals surface area contributed by atoms with Crippen molar-refractivity contribution in [1.82, 2.24) is 10.2 Å². The minimum Gasteiger partial charge on any atom is -0.336 e. The standard InChI is InChI=1S/C18H26N2O/c21-18(9-8-15-10-12-19-13-11-15)20-14-4-7-17(20)16-5-2-1-3-6-16/h1-3,5-6,15,17,19H,4,7-14H2. The van der Waals surface area contributed by atoms with Gasteiger partial charge in [-0.1, -0.05) is 30.3 Å². The lowest BCUT2D eigenvalue weighted by Gasteiger charge is -2.27. The summed E-state index contributed by atoms with van der Waals surface area (Å²) >= 11 is 0. The van der Waals surface area contributed by atoms with Gasteiger partial charge in [0, 0.05) is 13.0 Å². The predicted octanol–water partition coefficient (Wildman–Crippen LogP) is 3.13. The van der Waals surface area contributed by atoms with Gasteiger partial charge in [0.1, 0.15) is 0 Å². The van der Waals surface area contributed by atoms with Gasteiger partial charge in [-0.3, -0.25) is 4.79 Å². The van der Waals surface area contributed by atoms with Gasteiger partial charge in [-0.25, -0.2) is 0 Å². The highest BCUT2D eigenvalue weighted by Crippen LogP contribution is 2.32. The first-order valence-corrected chi connectivity index (χ1v) is 8.40. The number of hydrogen-bond donors (Lipinski definition) is 1. The van der Waals surface area contributed by atoms with Crippen LogP contribution in [0.25, 0.3) is 0 Å². The number of piperidine rings is 1. The molecule has 0 aromatic heterocycles. The maximum Gasteiger partial charge on any atom is 0.223 e. The van der Waals surface area contributed by atoms with Crippen molar-refractivity contribution in [2.75, 3.05) is 19.6 Å².